The molecule has 0 bridgehead atoms. The van der Waals surface area contributed by atoms with Crippen molar-refractivity contribution in [2.24, 2.45) is 5.92 Å². The van der Waals surface area contributed by atoms with Crippen LogP contribution in [0.2, 0.25) is 0 Å². The van der Waals surface area contributed by atoms with E-state index in [2.05, 4.69) is 50.9 Å². The van der Waals surface area contributed by atoms with E-state index >= 15 is 0 Å². The summed E-state index contributed by atoms with van der Waals surface area (Å²) >= 11 is 0. The van der Waals surface area contributed by atoms with Crippen molar-refractivity contribution in [1.29, 1.82) is 0 Å². The van der Waals surface area contributed by atoms with Gasteiger partial charge in [0.25, 0.3) is 0 Å². The number of anilines is 2. The van der Waals surface area contributed by atoms with Crippen LogP contribution in [0.1, 0.15) is 20.8 Å². The van der Waals surface area contributed by atoms with Gasteiger partial charge in [-0.05, 0) is 12.8 Å². The summed E-state index contributed by atoms with van der Waals surface area (Å²) in [6.45, 7) is 8.23. The Morgan fingerprint density at radius 2 is 2.10 bits per heavy atom. The number of hydrogen-bond donors (Lipinski definition) is 1. The van der Waals surface area contributed by atoms with E-state index in [9.17, 15) is 0 Å². The maximum atomic E-state index is 4.53. The standard InChI is InChI=1S/C13H21N7/c1-5-19(8-10(2)3)12-16-11(14-4)17-13(18-12)20-7-6-15-9-20/h6-7,9-10H,5,8H2,1-4H3,(H,14,16,17,18). The van der Waals surface area contributed by atoms with E-state index in [1.54, 1.807) is 24.1 Å². The lowest BCUT2D eigenvalue weighted by Crippen LogP contribution is -2.29. The second-order valence-corrected chi connectivity index (χ2v) is 4.91. The van der Waals surface area contributed by atoms with Gasteiger partial charge in [-0.25, -0.2) is 4.98 Å². The van der Waals surface area contributed by atoms with Crippen LogP contribution in [0.15, 0.2) is 18.7 Å². The second kappa shape index (κ2) is 6.31. The molecule has 0 saturated heterocycles. The van der Waals surface area contributed by atoms with E-state index in [-0.39, 0.29) is 0 Å². The SMILES string of the molecule is CCN(CC(C)C)c1nc(NC)nc(-n2ccnc2)n1. The van der Waals surface area contributed by atoms with Crippen molar-refractivity contribution in [2.75, 3.05) is 30.4 Å². The van der Waals surface area contributed by atoms with E-state index < -0.39 is 0 Å². The predicted molar refractivity (Wildman–Crippen MR) is 79.2 cm³/mol. The highest BCUT2D eigenvalue weighted by Gasteiger charge is 2.13. The number of hydrogen-bond acceptors (Lipinski definition) is 6. The van der Waals surface area contributed by atoms with Gasteiger partial charge in [-0.15, -0.1) is 0 Å². The van der Waals surface area contributed by atoms with Crippen LogP contribution in [0.3, 0.4) is 0 Å². The number of imidazole rings is 1. The molecule has 7 nitrogen and oxygen atoms in total. The molecule has 2 heterocycles. The normalized spacial score (nSPS) is 10.8. The molecule has 20 heavy (non-hydrogen) atoms. The highest BCUT2D eigenvalue weighted by atomic mass is 15.3. The minimum absolute atomic E-state index is 0.543. The zero-order valence-electron chi connectivity index (χ0n) is 12.4. The van der Waals surface area contributed by atoms with E-state index in [1.165, 1.54) is 0 Å². The van der Waals surface area contributed by atoms with E-state index in [0.29, 0.717) is 23.8 Å². The van der Waals surface area contributed by atoms with Gasteiger partial charge in [0.2, 0.25) is 17.8 Å². The summed E-state index contributed by atoms with van der Waals surface area (Å²) in [6.07, 6.45) is 5.20. The van der Waals surface area contributed by atoms with Crippen LogP contribution in [0.4, 0.5) is 11.9 Å². The van der Waals surface area contributed by atoms with Crippen molar-refractivity contribution in [1.82, 2.24) is 24.5 Å². The number of nitrogens with zero attached hydrogens (tertiary/aromatic N) is 6. The Bertz CT molecular complexity index is 536. The minimum atomic E-state index is 0.543. The molecule has 0 amide bonds. The Morgan fingerprint density at radius 3 is 2.65 bits per heavy atom. The molecule has 2 aromatic rings. The van der Waals surface area contributed by atoms with Gasteiger partial charge >= 0.3 is 0 Å². The highest BCUT2D eigenvalue weighted by molar-refractivity contribution is 5.39. The lowest BCUT2D eigenvalue weighted by atomic mass is 10.2. The maximum absolute atomic E-state index is 4.53. The van der Waals surface area contributed by atoms with Gasteiger partial charge < -0.3 is 10.2 Å². The fraction of sp³-hybridized carbons (Fsp3) is 0.538. The predicted octanol–water partition coefficient (Wildman–Crippen LogP) is 1.58. The summed E-state index contributed by atoms with van der Waals surface area (Å²) in [4.78, 5) is 19.5. The molecule has 0 aliphatic rings. The summed E-state index contributed by atoms with van der Waals surface area (Å²) in [5.41, 5.74) is 0. The zero-order chi connectivity index (χ0) is 14.5. The third kappa shape index (κ3) is 3.23. The maximum Gasteiger partial charge on any atom is 0.241 e. The van der Waals surface area contributed by atoms with Crippen LogP contribution in [0.5, 0.6) is 0 Å². The van der Waals surface area contributed by atoms with Gasteiger partial charge in [0.1, 0.15) is 6.33 Å². The molecule has 0 unspecified atom stereocenters. The monoisotopic (exact) mass is 275 g/mol. The van der Waals surface area contributed by atoms with Crippen molar-refractivity contribution < 1.29 is 0 Å². The number of nitrogens with one attached hydrogen (secondary N) is 1. The number of aromatic nitrogens is 5. The molecule has 0 aliphatic carbocycles. The first-order chi connectivity index (χ1) is 9.63. The van der Waals surface area contributed by atoms with Crippen molar-refractivity contribution in [2.45, 2.75) is 20.8 Å². The van der Waals surface area contributed by atoms with Crippen LogP contribution < -0.4 is 10.2 Å². The fourth-order valence-electron chi connectivity index (χ4n) is 1.89. The first kappa shape index (κ1) is 14.2. The molecular formula is C13H21N7. The van der Waals surface area contributed by atoms with Crippen LogP contribution in [0.25, 0.3) is 5.95 Å². The molecule has 2 rings (SSSR count). The van der Waals surface area contributed by atoms with Crippen LogP contribution in [-0.4, -0.2) is 44.6 Å². The number of rotatable bonds is 6. The Labute approximate surface area is 119 Å². The topological polar surface area (TPSA) is 71.8 Å². The molecule has 2 aromatic heterocycles. The molecule has 0 fully saturated rings. The summed E-state index contributed by atoms with van der Waals surface area (Å²) in [5.74, 6) is 2.35. The molecule has 108 valence electrons. The van der Waals surface area contributed by atoms with Gasteiger partial charge in [-0.3, -0.25) is 4.57 Å². The van der Waals surface area contributed by atoms with Gasteiger partial charge in [-0.1, -0.05) is 13.8 Å². The van der Waals surface area contributed by atoms with Crippen LogP contribution >= 0.6 is 0 Å². The Kier molecular flexibility index (Phi) is 4.49. The van der Waals surface area contributed by atoms with E-state index in [4.69, 9.17) is 0 Å². The van der Waals surface area contributed by atoms with Gasteiger partial charge in [0.05, 0.1) is 0 Å². The quantitative estimate of drug-likeness (QED) is 0.863. The van der Waals surface area contributed by atoms with E-state index in [0.717, 1.165) is 13.1 Å². The third-order valence-electron chi connectivity index (χ3n) is 2.82. The first-order valence-corrected chi connectivity index (χ1v) is 6.81. The largest absolute Gasteiger partial charge is 0.357 e. The molecule has 0 spiro atoms. The summed E-state index contributed by atoms with van der Waals surface area (Å²) < 4.78 is 1.77. The van der Waals surface area contributed by atoms with Crippen molar-refractivity contribution in [3.63, 3.8) is 0 Å². The Morgan fingerprint density at radius 1 is 1.30 bits per heavy atom. The first-order valence-electron chi connectivity index (χ1n) is 6.81. The summed E-state index contributed by atoms with van der Waals surface area (Å²) in [5, 5.41) is 2.98. The fourth-order valence-corrected chi connectivity index (χ4v) is 1.89. The average molecular weight is 275 g/mol. The second-order valence-electron chi connectivity index (χ2n) is 4.91. The van der Waals surface area contributed by atoms with E-state index in [1.807, 2.05) is 6.20 Å². The molecular weight excluding hydrogens is 254 g/mol. The molecule has 0 saturated carbocycles. The average Bonchev–Trinajstić information content (AvgIpc) is 2.98. The molecule has 0 aliphatic heterocycles. The lowest BCUT2D eigenvalue weighted by molar-refractivity contribution is 0.607. The zero-order valence-corrected chi connectivity index (χ0v) is 12.4. The summed E-state index contributed by atoms with van der Waals surface area (Å²) in [6, 6.07) is 0. The molecule has 1 N–H and O–H groups in total. The molecule has 7 heteroatoms. The summed E-state index contributed by atoms with van der Waals surface area (Å²) in [7, 11) is 1.80. The van der Waals surface area contributed by atoms with Gasteiger partial charge in [0, 0.05) is 32.5 Å². The molecule has 0 aromatic carbocycles. The van der Waals surface area contributed by atoms with Crippen molar-refractivity contribution in [3.05, 3.63) is 18.7 Å². The molecule has 0 radical (unpaired) electrons. The van der Waals surface area contributed by atoms with Gasteiger partial charge in [0.15, 0.2) is 0 Å². The van der Waals surface area contributed by atoms with Crippen molar-refractivity contribution >= 4 is 11.9 Å². The van der Waals surface area contributed by atoms with Gasteiger partial charge in [-0.2, -0.15) is 15.0 Å². The third-order valence-corrected chi connectivity index (χ3v) is 2.82. The van der Waals surface area contributed by atoms with Crippen LogP contribution in [-0.2, 0) is 0 Å². The minimum Gasteiger partial charge on any atom is -0.357 e. The Balaban J connectivity index is 2.39. The lowest BCUT2D eigenvalue weighted by Gasteiger charge is -2.23. The Hall–Kier alpha value is -2.18. The van der Waals surface area contributed by atoms with Crippen LogP contribution in [0, 0.1) is 5.92 Å². The van der Waals surface area contributed by atoms with Crippen molar-refractivity contribution in [3.8, 4) is 5.95 Å². The highest BCUT2D eigenvalue weighted by Crippen LogP contribution is 2.14. The molecule has 0 atom stereocenters. The smallest absolute Gasteiger partial charge is 0.241 e.